The van der Waals surface area contributed by atoms with E-state index in [2.05, 4.69) is 9.72 Å². The predicted octanol–water partition coefficient (Wildman–Crippen LogP) is 3.44. The molecule has 9 heteroatoms. The van der Waals surface area contributed by atoms with E-state index in [-0.39, 0.29) is 34.9 Å². The minimum absolute atomic E-state index is 0.0164. The molecule has 2 aromatic heterocycles. The third-order valence-corrected chi connectivity index (χ3v) is 5.91. The van der Waals surface area contributed by atoms with Crippen LogP contribution < -0.4 is 15.0 Å². The number of ketones is 1. The van der Waals surface area contributed by atoms with Gasteiger partial charge in [0.25, 0.3) is 5.56 Å². The summed E-state index contributed by atoms with van der Waals surface area (Å²) in [6, 6.07) is 3.93. The lowest BCUT2D eigenvalue weighted by atomic mass is 10.1. The number of methoxy groups -OCH3 is 1. The summed E-state index contributed by atoms with van der Waals surface area (Å²) in [6.07, 6.45) is 4.21. The maximum atomic E-state index is 12.9. The van der Waals surface area contributed by atoms with Crippen molar-refractivity contribution < 1.29 is 23.0 Å². The SMILES string of the molecule is COc1cc(C(=O)Cn2cnc3sc4c(c3c2=O)CCC4)ccc1OC(F)F. The average molecular weight is 406 g/mol. The molecule has 0 aliphatic heterocycles. The second-order valence-electron chi connectivity index (χ2n) is 6.38. The quantitative estimate of drug-likeness (QED) is 0.587. The topological polar surface area (TPSA) is 70.4 Å². The minimum Gasteiger partial charge on any atom is -0.493 e. The van der Waals surface area contributed by atoms with Crippen LogP contribution in [-0.2, 0) is 19.4 Å². The molecule has 0 radical (unpaired) electrons. The summed E-state index contributed by atoms with van der Waals surface area (Å²) in [5.74, 6) is -0.511. The van der Waals surface area contributed by atoms with Crippen LogP contribution in [0.4, 0.5) is 8.78 Å². The summed E-state index contributed by atoms with van der Waals surface area (Å²) >= 11 is 1.53. The Morgan fingerprint density at radius 1 is 1.32 bits per heavy atom. The first-order valence-corrected chi connectivity index (χ1v) is 9.45. The zero-order valence-corrected chi connectivity index (χ0v) is 15.7. The third kappa shape index (κ3) is 3.26. The fraction of sp³-hybridized carbons (Fsp3) is 0.316. The standard InChI is InChI=1S/C19H16F2N2O4S/c1-26-14-7-10(5-6-13(14)27-19(20)21)12(24)8-23-9-22-17-16(18(23)25)11-3-2-4-15(11)28-17/h5-7,9,19H,2-4,8H2,1H3. The molecule has 1 aliphatic rings. The fourth-order valence-corrected chi connectivity index (χ4v) is 4.63. The van der Waals surface area contributed by atoms with Crippen LogP contribution in [0.15, 0.2) is 29.3 Å². The largest absolute Gasteiger partial charge is 0.493 e. The maximum absolute atomic E-state index is 12.9. The number of rotatable bonds is 6. The Morgan fingerprint density at radius 2 is 2.14 bits per heavy atom. The summed E-state index contributed by atoms with van der Waals surface area (Å²) in [4.78, 5) is 31.7. The van der Waals surface area contributed by atoms with Gasteiger partial charge in [0.05, 0.1) is 25.4 Å². The summed E-state index contributed by atoms with van der Waals surface area (Å²) in [7, 11) is 1.29. The normalized spacial score (nSPS) is 13.1. The summed E-state index contributed by atoms with van der Waals surface area (Å²) in [6.45, 7) is -3.20. The molecule has 0 saturated heterocycles. The van der Waals surface area contributed by atoms with E-state index < -0.39 is 6.61 Å². The molecule has 28 heavy (non-hydrogen) atoms. The molecule has 6 nitrogen and oxygen atoms in total. The van der Waals surface area contributed by atoms with Crippen molar-refractivity contribution >= 4 is 27.3 Å². The molecule has 0 saturated carbocycles. The Morgan fingerprint density at radius 3 is 2.89 bits per heavy atom. The van der Waals surface area contributed by atoms with Crippen LogP contribution in [0, 0.1) is 0 Å². The van der Waals surface area contributed by atoms with Crippen molar-refractivity contribution in [3.05, 3.63) is 50.9 Å². The number of aryl methyl sites for hydroxylation is 2. The van der Waals surface area contributed by atoms with Crippen LogP contribution in [0.2, 0.25) is 0 Å². The maximum Gasteiger partial charge on any atom is 0.387 e. The van der Waals surface area contributed by atoms with Crippen molar-refractivity contribution in [2.45, 2.75) is 32.4 Å². The van der Waals surface area contributed by atoms with E-state index in [4.69, 9.17) is 4.74 Å². The van der Waals surface area contributed by atoms with Gasteiger partial charge in [0.1, 0.15) is 4.83 Å². The first kappa shape index (κ1) is 18.5. The van der Waals surface area contributed by atoms with Gasteiger partial charge in [-0.2, -0.15) is 8.78 Å². The van der Waals surface area contributed by atoms with E-state index in [1.54, 1.807) is 0 Å². The van der Waals surface area contributed by atoms with Crippen LogP contribution >= 0.6 is 11.3 Å². The average Bonchev–Trinajstić information content (AvgIpc) is 3.24. The monoisotopic (exact) mass is 406 g/mol. The van der Waals surface area contributed by atoms with Crippen molar-refractivity contribution in [3.8, 4) is 11.5 Å². The molecule has 0 unspecified atom stereocenters. The number of Topliss-reactive ketones (excluding diaryl/α,β-unsaturated/α-hetero) is 1. The Labute approximate surface area is 162 Å². The molecule has 0 N–H and O–H groups in total. The highest BCUT2D eigenvalue weighted by Gasteiger charge is 2.22. The van der Waals surface area contributed by atoms with Gasteiger partial charge in [-0.1, -0.05) is 0 Å². The molecule has 2 heterocycles. The first-order valence-electron chi connectivity index (χ1n) is 8.63. The molecule has 0 amide bonds. The van der Waals surface area contributed by atoms with Crippen molar-refractivity contribution in [2.75, 3.05) is 7.11 Å². The van der Waals surface area contributed by atoms with E-state index in [0.29, 0.717) is 10.2 Å². The van der Waals surface area contributed by atoms with E-state index in [0.717, 1.165) is 24.8 Å². The van der Waals surface area contributed by atoms with Gasteiger partial charge in [-0.25, -0.2) is 4.98 Å². The van der Waals surface area contributed by atoms with Crippen molar-refractivity contribution in [1.29, 1.82) is 0 Å². The second kappa shape index (κ2) is 7.31. The molecule has 0 fully saturated rings. The van der Waals surface area contributed by atoms with Gasteiger partial charge in [0, 0.05) is 10.4 Å². The van der Waals surface area contributed by atoms with E-state index in [1.807, 2.05) is 0 Å². The van der Waals surface area contributed by atoms with Gasteiger partial charge in [-0.05, 0) is 43.0 Å². The van der Waals surface area contributed by atoms with Gasteiger partial charge in [0.15, 0.2) is 17.3 Å². The van der Waals surface area contributed by atoms with Crippen LogP contribution in [0.5, 0.6) is 11.5 Å². The Balaban J connectivity index is 1.63. The predicted molar refractivity (Wildman–Crippen MR) is 99.9 cm³/mol. The molecule has 4 rings (SSSR count). The highest BCUT2D eigenvalue weighted by Crippen LogP contribution is 2.34. The molecule has 3 aromatic rings. The number of carbonyl (C=O) groups excluding carboxylic acids is 1. The van der Waals surface area contributed by atoms with E-state index in [1.165, 1.54) is 52.4 Å². The van der Waals surface area contributed by atoms with Crippen molar-refractivity contribution in [1.82, 2.24) is 9.55 Å². The van der Waals surface area contributed by atoms with E-state index >= 15 is 0 Å². The number of aromatic nitrogens is 2. The van der Waals surface area contributed by atoms with Crippen molar-refractivity contribution in [2.24, 2.45) is 0 Å². The number of ether oxygens (including phenoxy) is 2. The number of fused-ring (bicyclic) bond motifs is 3. The van der Waals surface area contributed by atoms with Gasteiger partial charge in [-0.3, -0.25) is 14.2 Å². The zero-order chi connectivity index (χ0) is 19.8. The van der Waals surface area contributed by atoms with Crippen molar-refractivity contribution in [3.63, 3.8) is 0 Å². The summed E-state index contributed by atoms with van der Waals surface area (Å²) < 4.78 is 35.5. The lowest BCUT2D eigenvalue weighted by Crippen LogP contribution is -2.24. The van der Waals surface area contributed by atoms with Crippen LogP contribution in [0.25, 0.3) is 10.2 Å². The van der Waals surface area contributed by atoms with Crippen LogP contribution in [-0.4, -0.2) is 29.1 Å². The molecule has 146 valence electrons. The van der Waals surface area contributed by atoms with Gasteiger partial charge in [0.2, 0.25) is 0 Å². The molecular weight excluding hydrogens is 390 g/mol. The molecule has 0 spiro atoms. The van der Waals surface area contributed by atoms with Crippen LogP contribution in [0.1, 0.15) is 27.2 Å². The zero-order valence-electron chi connectivity index (χ0n) is 14.9. The number of carbonyl (C=O) groups is 1. The number of hydrogen-bond donors (Lipinski definition) is 0. The molecule has 1 aromatic carbocycles. The number of benzene rings is 1. The lowest BCUT2D eigenvalue weighted by Gasteiger charge is -2.11. The summed E-state index contributed by atoms with van der Waals surface area (Å²) in [5, 5.41) is 0.603. The van der Waals surface area contributed by atoms with Gasteiger partial charge < -0.3 is 9.47 Å². The number of hydrogen-bond acceptors (Lipinski definition) is 6. The second-order valence-corrected chi connectivity index (χ2v) is 7.47. The summed E-state index contributed by atoms with van der Waals surface area (Å²) in [5.41, 5.74) is 1.04. The van der Waals surface area contributed by atoms with Gasteiger partial charge >= 0.3 is 6.61 Å². The van der Waals surface area contributed by atoms with Gasteiger partial charge in [-0.15, -0.1) is 11.3 Å². The molecule has 0 bridgehead atoms. The number of alkyl halides is 2. The highest BCUT2D eigenvalue weighted by atomic mass is 32.1. The Kier molecular flexibility index (Phi) is 4.84. The lowest BCUT2D eigenvalue weighted by molar-refractivity contribution is -0.0512. The number of thiophene rings is 1. The fourth-order valence-electron chi connectivity index (χ4n) is 3.41. The van der Waals surface area contributed by atoms with Crippen LogP contribution in [0.3, 0.4) is 0 Å². The highest BCUT2D eigenvalue weighted by molar-refractivity contribution is 7.18. The third-order valence-electron chi connectivity index (χ3n) is 4.71. The number of nitrogens with zero attached hydrogens (tertiary/aromatic N) is 2. The Bertz CT molecular complexity index is 1120. The Hall–Kier alpha value is -2.81. The first-order chi connectivity index (χ1) is 13.5. The van der Waals surface area contributed by atoms with E-state index in [9.17, 15) is 18.4 Å². The molecule has 0 atom stereocenters. The number of halogens is 2. The molecular formula is C19H16F2N2O4S. The molecule has 1 aliphatic carbocycles. The minimum atomic E-state index is -3.00. The smallest absolute Gasteiger partial charge is 0.387 e.